The molecule has 1 N–H and O–H groups in total. The summed E-state index contributed by atoms with van der Waals surface area (Å²) in [6.45, 7) is 0.292. The molecule has 1 heterocycles. The zero-order valence-corrected chi connectivity index (χ0v) is 14.6. The summed E-state index contributed by atoms with van der Waals surface area (Å²) < 4.78 is 42.8. The summed E-state index contributed by atoms with van der Waals surface area (Å²) in [6, 6.07) is 7.62. The van der Waals surface area contributed by atoms with Crippen LogP contribution in [-0.4, -0.2) is 30.3 Å². The Bertz CT molecular complexity index is 756. The molecule has 1 amide bonds. The first-order valence-electron chi connectivity index (χ1n) is 7.09. The number of nitrogens with zero attached hydrogens (tertiary/aromatic N) is 1. The maximum absolute atomic E-state index is 12.6. The number of amides is 1. The van der Waals surface area contributed by atoms with Crippen molar-refractivity contribution in [2.24, 2.45) is 0 Å². The standard InChI is InChI=1S/C16H14ClF3N2O2S/c1-24-13-5-3-2-4-11(13)14(23)21-6-7-25-15-12(17)8-10(9-22-15)16(18,19)20/h2-5,8-9H,6-7H2,1H3,(H,21,23). The van der Waals surface area contributed by atoms with Crippen LogP contribution in [0, 0.1) is 0 Å². The summed E-state index contributed by atoms with van der Waals surface area (Å²) in [5, 5.41) is 2.91. The smallest absolute Gasteiger partial charge is 0.417 e. The van der Waals surface area contributed by atoms with Crippen molar-refractivity contribution in [2.75, 3.05) is 19.4 Å². The monoisotopic (exact) mass is 390 g/mol. The summed E-state index contributed by atoms with van der Waals surface area (Å²) in [4.78, 5) is 15.8. The molecule has 1 aromatic carbocycles. The summed E-state index contributed by atoms with van der Waals surface area (Å²) >= 11 is 6.98. The van der Waals surface area contributed by atoms with Gasteiger partial charge in [0.05, 0.1) is 23.3 Å². The lowest BCUT2D eigenvalue weighted by Gasteiger charge is -2.10. The van der Waals surface area contributed by atoms with Crippen molar-refractivity contribution in [3.05, 3.63) is 52.7 Å². The third kappa shape index (κ3) is 5.27. The van der Waals surface area contributed by atoms with E-state index < -0.39 is 11.7 Å². The summed E-state index contributed by atoms with van der Waals surface area (Å²) in [5.41, 5.74) is -0.494. The van der Waals surface area contributed by atoms with Gasteiger partial charge in [-0.3, -0.25) is 4.79 Å². The first-order chi connectivity index (χ1) is 11.8. The number of pyridine rings is 1. The summed E-state index contributed by atoms with van der Waals surface area (Å²) in [6.07, 6.45) is -3.75. The van der Waals surface area contributed by atoms with E-state index in [-0.39, 0.29) is 16.0 Å². The molecule has 0 aliphatic rings. The Morgan fingerprint density at radius 1 is 1.36 bits per heavy atom. The molecule has 25 heavy (non-hydrogen) atoms. The van der Waals surface area contributed by atoms with E-state index >= 15 is 0 Å². The highest BCUT2D eigenvalue weighted by Gasteiger charge is 2.31. The Balaban J connectivity index is 1.88. The fourth-order valence-corrected chi connectivity index (χ4v) is 2.98. The van der Waals surface area contributed by atoms with Crippen LogP contribution in [0.1, 0.15) is 15.9 Å². The van der Waals surface area contributed by atoms with E-state index in [1.54, 1.807) is 24.3 Å². The molecule has 2 rings (SSSR count). The van der Waals surface area contributed by atoms with E-state index in [4.69, 9.17) is 16.3 Å². The highest BCUT2D eigenvalue weighted by Crippen LogP contribution is 2.33. The largest absolute Gasteiger partial charge is 0.496 e. The number of alkyl halides is 3. The minimum absolute atomic E-state index is 0.0733. The summed E-state index contributed by atoms with van der Waals surface area (Å²) in [5.74, 6) is 0.559. The average Bonchev–Trinajstić information content (AvgIpc) is 2.58. The quantitative estimate of drug-likeness (QED) is 0.590. The van der Waals surface area contributed by atoms with Gasteiger partial charge < -0.3 is 10.1 Å². The van der Waals surface area contributed by atoms with Gasteiger partial charge in [-0.25, -0.2) is 4.98 Å². The molecule has 0 unspecified atom stereocenters. The fraction of sp³-hybridized carbons (Fsp3) is 0.250. The van der Waals surface area contributed by atoms with Gasteiger partial charge in [0.2, 0.25) is 0 Å². The Hall–Kier alpha value is -1.93. The number of aromatic nitrogens is 1. The van der Waals surface area contributed by atoms with Crippen molar-refractivity contribution in [2.45, 2.75) is 11.2 Å². The van der Waals surface area contributed by atoms with E-state index in [1.165, 1.54) is 7.11 Å². The third-order valence-electron chi connectivity index (χ3n) is 3.11. The lowest BCUT2D eigenvalue weighted by Crippen LogP contribution is -2.26. The highest BCUT2D eigenvalue weighted by atomic mass is 35.5. The van der Waals surface area contributed by atoms with Crippen LogP contribution in [0.25, 0.3) is 0 Å². The molecular weight excluding hydrogens is 377 g/mol. The zero-order valence-electron chi connectivity index (χ0n) is 13.1. The van der Waals surface area contributed by atoms with E-state index in [1.807, 2.05) is 0 Å². The second-order valence-corrected chi connectivity index (χ2v) is 6.30. The maximum atomic E-state index is 12.6. The molecule has 0 radical (unpaired) electrons. The molecule has 2 aromatic rings. The fourth-order valence-electron chi connectivity index (χ4n) is 1.93. The second-order valence-electron chi connectivity index (χ2n) is 4.81. The second kappa shape index (κ2) is 8.44. The molecule has 0 atom stereocenters. The van der Waals surface area contributed by atoms with Crippen molar-refractivity contribution in [3.8, 4) is 5.75 Å². The number of nitrogens with one attached hydrogen (secondary N) is 1. The molecule has 0 aliphatic carbocycles. The van der Waals surface area contributed by atoms with Crippen molar-refractivity contribution >= 4 is 29.3 Å². The molecule has 0 fully saturated rings. The number of hydrogen-bond acceptors (Lipinski definition) is 4. The van der Waals surface area contributed by atoms with Gasteiger partial charge in [0.1, 0.15) is 10.8 Å². The number of carbonyl (C=O) groups excluding carboxylic acids is 1. The average molecular weight is 391 g/mol. The third-order valence-corrected chi connectivity index (χ3v) is 4.52. The summed E-state index contributed by atoms with van der Waals surface area (Å²) in [7, 11) is 1.47. The number of para-hydroxylation sites is 1. The van der Waals surface area contributed by atoms with Crippen LogP contribution >= 0.6 is 23.4 Å². The van der Waals surface area contributed by atoms with Gasteiger partial charge in [0.15, 0.2) is 0 Å². The SMILES string of the molecule is COc1ccccc1C(=O)NCCSc1ncc(C(F)(F)F)cc1Cl. The number of rotatable bonds is 6. The first-order valence-corrected chi connectivity index (χ1v) is 8.46. The zero-order chi connectivity index (χ0) is 18.4. The normalized spacial score (nSPS) is 11.2. The molecule has 0 saturated carbocycles. The van der Waals surface area contributed by atoms with Gasteiger partial charge in [-0.05, 0) is 18.2 Å². The van der Waals surface area contributed by atoms with Gasteiger partial charge in [0.25, 0.3) is 5.91 Å². The number of carbonyl (C=O) groups is 1. The molecule has 0 bridgehead atoms. The van der Waals surface area contributed by atoms with Gasteiger partial charge in [0, 0.05) is 18.5 Å². The molecule has 0 spiro atoms. The number of methoxy groups -OCH3 is 1. The molecule has 0 aliphatic heterocycles. The van der Waals surface area contributed by atoms with E-state index in [2.05, 4.69) is 10.3 Å². The van der Waals surface area contributed by atoms with Crippen LogP contribution in [0.3, 0.4) is 0 Å². The van der Waals surface area contributed by atoms with Crippen molar-refractivity contribution in [1.82, 2.24) is 10.3 Å². The number of thioether (sulfide) groups is 1. The van der Waals surface area contributed by atoms with E-state index in [9.17, 15) is 18.0 Å². The Morgan fingerprint density at radius 3 is 2.72 bits per heavy atom. The van der Waals surface area contributed by atoms with Crippen molar-refractivity contribution in [1.29, 1.82) is 0 Å². The topological polar surface area (TPSA) is 51.2 Å². The molecule has 9 heteroatoms. The Kier molecular flexibility index (Phi) is 6.55. The van der Waals surface area contributed by atoms with Crippen LogP contribution in [0.2, 0.25) is 5.02 Å². The van der Waals surface area contributed by atoms with Gasteiger partial charge in [-0.1, -0.05) is 23.7 Å². The minimum Gasteiger partial charge on any atom is -0.496 e. The van der Waals surface area contributed by atoms with E-state index in [0.717, 1.165) is 24.0 Å². The molecule has 134 valence electrons. The van der Waals surface area contributed by atoms with Crippen LogP contribution in [-0.2, 0) is 6.18 Å². The number of benzene rings is 1. The predicted molar refractivity (Wildman–Crippen MR) is 90.3 cm³/mol. The predicted octanol–water partition coefficient (Wildman–Crippen LogP) is 4.28. The number of halogens is 4. The first kappa shape index (κ1) is 19.4. The Morgan fingerprint density at radius 2 is 2.08 bits per heavy atom. The Labute approximate surface area is 151 Å². The maximum Gasteiger partial charge on any atom is 0.417 e. The van der Waals surface area contributed by atoms with Gasteiger partial charge in [-0.15, -0.1) is 11.8 Å². The highest BCUT2D eigenvalue weighted by molar-refractivity contribution is 7.99. The van der Waals surface area contributed by atoms with Gasteiger partial charge >= 0.3 is 6.18 Å². The minimum atomic E-state index is -4.48. The van der Waals surface area contributed by atoms with Crippen molar-refractivity contribution in [3.63, 3.8) is 0 Å². The number of hydrogen-bond donors (Lipinski definition) is 1. The van der Waals surface area contributed by atoms with Gasteiger partial charge in [-0.2, -0.15) is 13.2 Å². The van der Waals surface area contributed by atoms with Crippen LogP contribution in [0.4, 0.5) is 13.2 Å². The van der Waals surface area contributed by atoms with Crippen LogP contribution in [0.5, 0.6) is 5.75 Å². The van der Waals surface area contributed by atoms with E-state index in [0.29, 0.717) is 23.6 Å². The lowest BCUT2D eigenvalue weighted by atomic mass is 10.2. The molecule has 0 saturated heterocycles. The van der Waals surface area contributed by atoms with Crippen molar-refractivity contribution < 1.29 is 22.7 Å². The molecule has 4 nitrogen and oxygen atoms in total. The van der Waals surface area contributed by atoms with Crippen LogP contribution in [0.15, 0.2) is 41.6 Å². The molecule has 1 aromatic heterocycles. The lowest BCUT2D eigenvalue weighted by molar-refractivity contribution is -0.137. The number of ether oxygens (including phenoxy) is 1. The molecular formula is C16H14ClF3N2O2S. The van der Waals surface area contributed by atoms with Crippen LogP contribution < -0.4 is 10.1 Å².